The van der Waals surface area contributed by atoms with Gasteiger partial charge in [-0.25, -0.2) is 0 Å². The normalized spacial score (nSPS) is 19.1. The second kappa shape index (κ2) is 11.7. The number of ether oxygens (including phenoxy) is 2. The molecule has 1 saturated carbocycles. The fourth-order valence-corrected chi connectivity index (χ4v) is 7.85. The van der Waals surface area contributed by atoms with Gasteiger partial charge in [-0.2, -0.15) is 0 Å². The lowest BCUT2D eigenvalue weighted by Gasteiger charge is -2.51. The largest absolute Gasteiger partial charge is 0.494 e. The van der Waals surface area contributed by atoms with Crippen LogP contribution in [0.25, 0.3) is 10.8 Å². The molecule has 1 amide bonds. The molecule has 1 fully saturated rings. The van der Waals surface area contributed by atoms with E-state index in [1.54, 1.807) is 0 Å². The molecule has 0 radical (unpaired) electrons. The number of aliphatic imine (C=N–C) groups is 1. The number of carbonyl (C=O) groups is 1. The first-order valence-corrected chi connectivity index (χ1v) is 16.4. The van der Waals surface area contributed by atoms with Gasteiger partial charge in [-0.3, -0.25) is 9.79 Å². The molecule has 0 saturated heterocycles. The van der Waals surface area contributed by atoms with Crippen LogP contribution in [0.1, 0.15) is 54.4 Å². The molecule has 1 N–H and O–H groups in total. The Balaban J connectivity index is 1.24. The Morgan fingerprint density at radius 1 is 0.848 bits per heavy atom. The Bertz CT molecular complexity index is 1920. The van der Waals surface area contributed by atoms with Gasteiger partial charge in [0.05, 0.1) is 23.8 Å². The molecule has 1 unspecified atom stereocenters. The van der Waals surface area contributed by atoms with Crippen molar-refractivity contribution in [3.63, 3.8) is 0 Å². The molecule has 5 aromatic rings. The maximum absolute atomic E-state index is 14.1. The van der Waals surface area contributed by atoms with Crippen molar-refractivity contribution in [2.24, 2.45) is 4.99 Å². The third kappa shape index (κ3) is 4.63. The Kier molecular flexibility index (Phi) is 7.21. The number of hydrogen-bond donors (Lipinski definition) is 1. The summed E-state index contributed by atoms with van der Waals surface area (Å²) in [7, 11) is 0. The molecule has 2 aliphatic heterocycles. The van der Waals surface area contributed by atoms with Gasteiger partial charge in [-0.15, -0.1) is 0 Å². The van der Waals surface area contributed by atoms with Crippen LogP contribution in [0.2, 0.25) is 0 Å². The summed E-state index contributed by atoms with van der Waals surface area (Å²) in [6.07, 6.45) is 8.26. The first kappa shape index (κ1) is 28.4. The summed E-state index contributed by atoms with van der Waals surface area (Å²) < 4.78 is 13.6. The maximum Gasteiger partial charge on any atom is 0.259 e. The van der Waals surface area contributed by atoms with Gasteiger partial charge in [0.25, 0.3) is 5.91 Å². The predicted molar refractivity (Wildman–Crippen MR) is 185 cm³/mol. The predicted octanol–water partition coefficient (Wildman–Crippen LogP) is 9.07. The minimum absolute atomic E-state index is 0.212. The van der Waals surface area contributed by atoms with Crippen LogP contribution in [-0.2, 0) is 5.41 Å². The Hall–Kier alpha value is -5.10. The summed E-state index contributed by atoms with van der Waals surface area (Å²) in [4.78, 5) is 21.7. The van der Waals surface area contributed by atoms with Crippen LogP contribution < -0.4 is 19.7 Å². The number of fused-ring (bicyclic) bond motifs is 6. The van der Waals surface area contributed by atoms with Crippen LogP contribution in [0.5, 0.6) is 11.5 Å². The molecule has 0 bridgehead atoms. The summed E-state index contributed by atoms with van der Waals surface area (Å²) in [5, 5.41) is 5.03. The fourth-order valence-electron chi connectivity index (χ4n) is 7.85. The average Bonchev–Trinajstić information content (AvgIpc) is 3.31. The highest BCUT2D eigenvalue weighted by Crippen LogP contribution is 2.60. The number of para-hydroxylation sites is 3. The summed E-state index contributed by atoms with van der Waals surface area (Å²) in [6, 6.07) is 38.3. The van der Waals surface area contributed by atoms with Gasteiger partial charge in [0.15, 0.2) is 5.75 Å². The van der Waals surface area contributed by atoms with Crippen molar-refractivity contribution in [1.29, 1.82) is 0 Å². The van der Waals surface area contributed by atoms with E-state index in [1.165, 1.54) is 17.7 Å². The second-order valence-corrected chi connectivity index (χ2v) is 12.5. The Labute approximate surface area is 269 Å². The Morgan fingerprint density at radius 3 is 2.39 bits per heavy atom. The zero-order valence-corrected chi connectivity index (χ0v) is 25.8. The summed E-state index contributed by atoms with van der Waals surface area (Å²) in [6.45, 7) is 1.29. The van der Waals surface area contributed by atoms with Crippen molar-refractivity contribution in [3.8, 4) is 11.5 Å². The molecule has 2 spiro atoms. The van der Waals surface area contributed by atoms with E-state index < -0.39 is 5.72 Å². The third-order valence-electron chi connectivity index (χ3n) is 9.92. The quantitative estimate of drug-likeness (QED) is 0.188. The van der Waals surface area contributed by atoms with Crippen molar-refractivity contribution >= 4 is 40.0 Å². The summed E-state index contributed by atoms with van der Waals surface area (Å²) >= 11 is 0. The SMILES string of the molecule is O=C(Nc1ccccc1)c1cc2ccccc2c2c1OC1(C=N2)N(CCCOc2ccccc2)c2ccccc2C12CCCCC2. The number of nitrogens with one attached hydrogen (secondary N) is 1. The van der Waals surface area contributed by atoms with Gasteiger partial charge in [0.1, 0.15) is 11.4 Å². The zero-order chi connectivity index (χ0) is 31.0. The van der Waals surface area contributed by atoms with Gasteiger partial charge in [-0.05, 0) is 66.6 Å². The molecular formula is C40H37N3O3. The minimum atomic E-state index is -0.888. The van der Waals surface area contributed by atoms with Crippen LogP contribution in [0.15, 0.2) is 120 Å². The smallest absolute Gasteiger partial charge is 0.259 e. The molecule has 1 aliphatic carbocycles. The number of anilines is 2. The maximum atomic E-state index is 14.1. The molecule has 46 heavy (non-hydrogen) atoms. The van der Waals surface area contributed by atoms with Crippen LogP contribution in [0, 0.1) is 0 Å². The van der Waals surface area contributed by atoms with Crippen molar-refractivity contribution in [2.75, 3.05) is 23.4 Å². The lowest BCUT2D eigenvalue weighted by Crippen LogP contribution is -2.65. The zero-order valence-electron chi connectivity index (χ0n) is 25.8. The number of benzene rings is 5. The van der Waals surface area contributed by atoms with E-state index in [-0.39, 0.29) is 11.3 Å². The lowest BCUT2D eigenvalue weighted by molar-refractivity contribution is 0.0348. The highest BCUT2D eigenvalue weighted by Gasteiger charge is 2.64. The monoisotopic (exact) mass is 607 g/mol. The molecule has 5 aromatic carbocycles. The van der Waals surface area contributed by atoms with Gasteiger partial charge in [-0.1, -0.05) is 98.1 Å². The van der Waals surface area contributed by atoms with Crippen molar-refractivity contribution in [3.05, 3.63) is 126 Å². The van der Waals surface area contributed by atoms with Crippen molar-refractivity contribution < 1.29 is 14.3 Å². The van der Waals surface area contributed by atoms with E-state index in [0.29, 0.717) is 30.2 Å². The minimum Gasteiger partial charge on any atom is -0.494 e. The number of hydrogen-bond acceptors (Lipinski definition) is 5. The van der Waals surface area contributed by atoms with E-state index in [4.69, 9.17) is 14.5 Å². The van der Waals surface area contributed by atoms with E-state index in [0.717, 1.165) is 54.3 Å². The molecule has 3 aliphatic rings. The number of nitrogens with zero attached hydrogens (tertiary/aromatic N) is 2. The lowest BCUT2D eigenvalue weighted by atomic mass is 9.64. The van der Waals surface area contributed by atoms with Crippen LogP contribution in [0.3, 0.4) is 0 Å². The number of carbonyl (C=O) groups excluding carboxylic acids is 1. The first-order chi connectivity index (χ1) is 22.7. The number of rotatable bonds is 7. The van der Waals surface area contributed by atoms with E-state index in [2.05, 4.69) is 46.8 Å². The van der Waals surface area contributed by atoms with Gasteiger partial charge in [0, 0.05) is 23.3 Å². The van der Waals surface area contributed by atoms with E-state index >= 15 is 0 Å². The van der Waals surface area contributed by atoms with Gasteiger partial charge < -0.3 is 19.7 Å². The van der Waals surface area contributed by atoms with E-state index in [9.17, 15) is 4.79 Å². The molecule has 1 atom stereocenters. The van der Waals surface area contributed by atoms with Gasteiger partial charge in [0.2, 0.25) is 5.72 Å². The topological polar surface area (TPSA) is 63.2 Å². The third-order valence-corrected chi connectivity index (χ3v) is 9.92. The van der Waals surface area contributed by atoms with Crippen LogP contribution in [-0.4, -0.2) is 31.0 Å². The molecule has 6 nitrogen and oxygen atoms in total. The highest BCUT2D eigenvalue weighted by atomic mass is 16.5. The molecular weight excluding hydrogens is 570 g/mol. The van der Waals surface area contributed by atoms with Crippen LogP contribution >= 0.6 is 0 Å². The van der Waals surface area contributed by atoms with E-state index in [1.807, 2.05) is 84.9 Å². The molecule has 6 heteroatoms. The van der Waals surface area contributed by atoms with Crippen molar-refractivity contribution in [1.82, 2.24) is 0 Å². The number of amides is 1. The fraction of sp³-hybridized carbons (Fsp3) is 0.250. The highest BCUT2D eigenvalue weighted by molar-refractivity contribution is 6.13. The Morgan fingerprint density at radius 2 is 1.57 bits per heavy atom. The standard InChI is InChI=1S/C40H37N3O3/c44-38(42-30-16-4-1-5-17-30)33-27-29-15-8-9-20-32(29)36-37(33)46-40(28-41-36)39(23-12-3-13-24-39)34-21-10-11-22-35(34)43(40)25-14-26-45-31-18-6-2-7-19-31/h1-2,4-11,15-22,27-28H,3,12-14,23-26H2,(H,42,44). The van der Waals surface area contributed by atoms with Crippen molar-refractivity contribution in [2.45, 2.75) is 49.7 Å². The average molecular weight is 608 g/mol. The molecule has 8 rings (SSSR count). The van der Waals surface area contributed by atoms with Crippen LogP contribution in [0.4, 0.5) is 17.1 Å². The second-order valence-electron chi connectivity index (χ2n) is 12.5. The first-order valence-electron chi connectivity index (χ1n) is 16.4. The molecule has 0 aromatic heterocycles. The molecule has 2 heterocycles. The molecule has 230 valence electrons. The summed E-state index contributed by atoms with van der Waals surface area (Å²) in [5.74, 6) is 1.20. The summed E-state index contributed by atoms with van der Waals surface area (Å²) in [5.41, 5.74) is 3.22. The van der Waals surface area contributed by atoms with Gasteiger partial charge >= 0.3 is 0 Å².